The molecule has 0 saturated heterocycles. The molecule has 1 heteroatoms. The summed E-state index contributed by atoms with van der Waals surface area (Å²) in [6.45, 7) is 4.51. The molecule has 0 amide bonds. The fourth-order valence-electron chi connectivity index (χ4n) is 0.821. The first-order chi connectivity index (χ1) is 5.31. The van der Waals surface area contributed by atoms with E-state index in [9.17, 15) is 0 Å². The smallest absolute Gasteiger partial charge is 0.000462 e. The van der Waals surface area contributed by atoms with Gasteiger partial charge in [0, 0.05) is 0 Å². The van der Waals surface area contributed by atoms with Crippen molar-refractivity contribution in [3.8, 4) is 0 Å². The summed E-state index contributed by atoms with van der Waals surface area (Å²) in [5, 5.41) is 0. The summed E-state index contributed by atoms with van der Waals surface area (Å²) in [7, 11) is 0. The molecule has 0 saturated carbocycles. The van der Waals surface area contributed by atoms with Gasteiger partial charge >= 0.3 is 0 Å². The molecular weight excluding hydrogens is 247 g/mol. The van der Waals surface area contributed by atoms with E-state index in [1.54, 1.807) is 0 Å². The molecule has 1 atom stereocenters. The van der Waals surface area contributed by atoms with Gasteiger partial charge in [0.15, 0.2) is 0 Å². The van der Waals surface area contributed by atoms with Gasteiger partial charge in [0.05, 0.1) is 0 Å². The normalized spacial score (nSPS) is 14.1. The number of unbranched alkanes of at least 4 members (excludes halogenated alkanes) is 2. The van der Waals surface area contributed by atoms with Crippen LogP contribution < -0.4 is 0 Å². The first-order valence-electron chi connectivity index (χ1n) is 4.53. The van der Waals surface area contributed by atoms with Crippen LogP contribution in [-0.4, -0.2) is 4.43 Å². The van der Waals surface area contributed by atoms with Crippen molar-refractivity contribution in [2.45, 2.75) is 39.5 Å². The van der Waals surface area contributed by atoms with E-state index in [2.05, 4.69) is 48.6 Å². The largest absolute Gasteiger partial charge is 0.0883 e. The molecular formula is C10H19I. The van der Waals surface area contributed by atoms with Crippen LogP contribution >= 0.6 is 22.6 Å². The Labute approximate surface area is 84.6 Å². The molecule has 0 radical (unpaired) electrons. The summed E-state index contributed by atoms with van der Waals surface area (Å²) in [5.74, 6) is 0.773. The lowest BCUT2D eigenvalue weighted by molar-refractivity contribution is 0.692. The molecule has 0 rings (SSSR count). The van der Waals surface area contributed by atoms with E-state index in [0.717, 1.165) is 5.92 Å². The topological polar surface area (TPSA) is 0 Å². The SMILES string of the molecule is CCC(C)/C=C/CCCCI. The molecule has 0 aromatic heterocycles. The maximum absolute atomic E-state index is 2.44. The van der Waals surface area contributed by atoms with Gasteiger partial charge in [-0.15, -0.1) is 0 Å². The number of rotatable bonds is 6. The molecule has 0 aromatic carbocycles. The monoisotopic (exact) mass is 266 g/mol. The van der Waals surface area contributed by atoms with E-state index >= 15 is 0 Å². The Morgan fingerprint density at radius 1 is 1.36 bits per heavy atom. The summed E-state index contributed by atoms with van der Waals surface area (Å²) in [4.78, 5) is 0. The highest BCUT2D eigenvalue weighted by Gasteiger charge is 1.89. The zero-order valence-corrected chi connectivity index (χ0v) is 9.80. The van der Waals surface area contributed by atoms with Crippen LogP contribution in [0.3, 0.4) is 0 Å². The second-order valence-corrected chi connectivity index (χ2v) is 4.08. The van der Waals surface area contributed by atoms with Crippen LogP contribution in [0.5, 0.6) is 0 Å². The third-order valence-electron chi connectivity index (χ3n) is 1.86. The second-order valence-electron chi connectivity index (χ2n) is 3.00. The number of hydrogen-bond donors (Lipinski definition) is 0. The van der Waals surface area contributed by atoms with E-state index in [1.165, 1.54) is 30.1 Å². The average molecular weight is 266 g/mol. The number of hydrogen-bond acceptors (Lipinski definition) is 0. The predicted octanol–water partition coefficient (Wildman–Crippen LogP) is 4.19. The summed E-state index contributed by atoms with van der Waals surface area (Å²) in [6.07, 6.45) is 9.94. The quantitative estimate of drug-likeness (QED) is 0.292. The van der Waals surface area contributed by atoms with Crippen molar-refractivity contribution in [3.05, 3.63) is 12.2 Å². The van der Waals surface area contributed by atoms with Gasteiger partial charge in [-0.3, -0.25) is 0 Å². The Balaban J connectivity index is 3.15. The Bertz CT molecular complexity index is 97.0. The third-order valence-corrected chi connectivity index (χ3v) is 2.63. The maximum Gasteiger partial charge on any atom is -0.000462 e. The van der Waals surface area contributed by atoms with E-state index in [0.29, 0.717) is 0 Å². The second kappa shape index (κ2) is 8.57. The van der Waals surface area contributed by atoms with Crippen molar-refractivity contribution < 1.29 is 0 Å². The molecule has 0 heterocycles. The van der Waals surface area contributed by atoms with Gasteiger partial charge in [-0.2, -0.15) is 0 Å². The van der Waals surface area contributed by atoms with E-state index in [-0.39, 0.29) is 0 Å². The minimum atomic E-state index is 0.773. The zero-order chi connectivity index (χ0) is 8.53. The Kier molecular flexibility index (Phi) is 8.93. The minimum absolute atomic E-state index is 0.773. The predicted molar refractivity (Wildman–Crippen MR) is 61.3 cm³/mol. The lowest BCUT2D eigenvalue weighted by Crippen LogP contribution is -1.84. The summed E-state index contributed by atoms with van der Waals surface area (Å²) >= 11 is 2.44. The molecule has 0 fully saturated rings. The molecule has 0 aromatic rings. The lowest BCUT2D eigenvalue weighted by atomic mass is 10.1. The van der Waals surface area contributed by atoms with Gasteiger partial charge in [-0.05, 0) is 29.6 Å². The highest BCUT2D eigenvalue weighted by Crippen LogP contribution is 2.05. The summed E-state index contributed by atoms with van der Waals surface area (Å²) in [6, 6.07) is 0. The van der Waals surface area contributed by atoms with Crippen LogP contribution in [0.25, 0.3) is 0 Å². The highest BCUT2D eigenvalue weighted by molar-refractivity contribution is 14.1. The fraction of sp³-hybridized carbons (Fsp3) is 0.800. The molecule has 11 heavy (non-hydrogen) atoms. The van der Waals surface area contributed by atoms with E-state index in [1.807, 2.05) is 0 Å². The molecule has 0 aliphatic rings. The van der Waals surface area contributed by atoms with Gasteiger partial charge in [0.25, 0.3) is 0 Å². The molecule has 0 bridgehead atoms. The van der Waals surface area contributed by atoms with Crippen LogP contribution in [0, 0.1) is 5.92 Å². The van der Waals surface area contributed by atoms with Crippen molar-refractivity contribution in [2.75, 3.05) is 4.43 Å². The van der Waals surface area contributed by atoms with Crippen LogP contribution in [0.15, 0.2) is 12.2 Å². The van der Waals surface area contributed by atoms with Crippen LogP contribution in [0.2, 0.25) is 0 Å². The van der Waals surface area contributed by atoms with Crippen LogP contribution in [0.4, 0.5) is 0 Å². The Hall–Kier alpha value is 0.470. The zero-order valence-electron chi connectivity index (χ0n) is 7.65. The number of alkyl halides is 1. The van der Waals surface area contributed by atoms with E-state index in [4.69, 9.17) is 0 Å². The molecule has 1 unspecified atom stereocenters. The van der Waals surface area contributed by atoms with Gasteiger partial charge in [0.2, 0.25) is 0 Å². The van der Waals surface area contributed by atoms with Crippen molar-refractivity contribution in [1.82, 2.24) is 0 Å². The summed E-state index contributed by atoms with van der Waals surface area (Å²) in [5.41, 5.74) is 0. The molecule has 0 N–H and O–H groups in total. The Morgan fingerprint density at radius 2 is 2.09 bits per heavy atom. The molecule has 0 spiro atoms. The third kappa shape index (κ3) is 8.38. The number of halogens is 1. The standard InChI is InChI=1S/C10H19I/c1-3-10(2)8-6-4-5-7-9-11/h6,8,10H,3-5,7,9H2,1-2H3/b8-6+. The first-order valence-corrected chi connectivity index (χ1v) is 6.06. The minimum Gasteiger partial charge on any atom is -0.0883 e. The van der Waals surface area contributed by atoms with Crippen LogP contribution in [-0.2, 0) is 0 Å². The van der Waals surface area contributed by atoms with Gasteiger partial charge < -0.3 is 0 Å². The average Bonchev–Trinajstić information content (AvgIpc) is 2.04. The highest BCUT2D eigenvalue weighted by atomic mass is 127. The molecule has 0 aliphatic heterocycles. The maximum atomic E-state index is 2.44. The lowest BCUT2D eigenvalue weighted by Gasteiger charge is -1.98. The van der Waals surface area contributed by atoms with Crippen molar-refractivity contribution in [3.63, 3.8) is 0 Å². The van der Waals surface area contributed by atoms with Gasteiger partial charge in [0.1, 0.15) is 0 Å². The Morgan fingerprint density at radius 3 is 2.64 bits per heavy atom. The van der Waals surface area contributed by atoms with Crippen molar-refractivity contribution in [1.29, 1.82) is 0 Å². The molecule has 66 valence electrons. The van der Waals surface area contributed by atoms with Gasteiger partial charge in [-0.1, -0.05) is 55.0 Å². The van der Waals surface area contributed by atoms with Crippen molar-refractivity contribution in [2.24, 2.45) is 5.92 Å². The summed E-state index contributed by atoms with van der Waals surface area (Å²) < 4.78 is 1.30. The molecule has 0 nitrogen and oxygen atoms in total. The van der Waals surface area contributed by atoms with E-state index < -0.39 is 0 Å². The molecule has 0 aliphatic carbocycles. The first kappa shape index (κ1) is 11.5. The van der Waals surface area contributed by atoms with Crippen molar-refractivity contribution >= 4 is 22.6 Å². The number of allylic oxidation sites excluding steroid dienone is 2. The van der Waals surface area contributed by atoms with Gasteiger partial charge in [-0.25, -0.2) is 0 Å². The van der Waals surface area contributed by atoms with Crippen LogP contribution in [0.1, 0.15) is 39.5 Å². The fourth-order valence-corrected chi connectivity index (χ4v) is 1.36.